The summed E-state index contributed by atoms with van der Waals surface area (Å²) in [6.07, 6.45) is 0. The smallest absolute Gasteiger partial charge is 0.340 e. The molecule has 28 heavy (non-hydrogen) atoms. The molecule has 0 spiro atoms. The van der Waals surface area contributed by atoms with Crippen LogP contribution in [-0.2, 0) is 16.1 Å². The molecule has 2 heterocycles. The zero-order chi connectivity index (χ0) is 20.1. The van der Waals surface area contributed by atoms with E-state index in [-0.39, 0.29) is 11.7 Å². The van der Waals surface area contributed by atoms with Crippen LogP contribution in [0.2, 0.25) is 0 Å². The number of aromatic nitrogens is 3. The van der Waals surface area contributed by atoms with E-state index >= 15 is 0 Å². The van der Waals surface area contributed by atoms with Crippen LogP contribution in [-0.4, -0.2) is 39.5 Å². The Morgan fingerprint density at radius 2 is 1.96 bits per heavy atom. The molecule has 3 rings (SSSR count). The van der Waals surface area contributed by atoms with Crippen molar-refractivity contribution in [2.75, 3.05) is 18.2 Å². The van der Waals surface area contributed by atoms with Crippen molar-refractivity contribution >= 4 is 40.0 Å². The Morgan fingerprint density at radius 3 is 2.64 bits per heavy atom. The number of rotatable bonds is 7. The van der Waals surface area contributed by atoms with Crippen molar-refractivity contribution < 1.29 is 14.3 Å². The van der Waals surface area contributed by atoms with E-state index in [0.29, 0.717) is 22.3 Å². The van der Waals surface area contributed by atoms with Gasteiger partial charge in [0.1, 0.15) is 5.00 Å². The predicted molar refractivity (Wildman–Crippen MR) is 111 cm³/mol. The highest BCUT2D eigenvalue weighted by atomic mass is 32.2. The number of nitrogens with one attached hydrogen (secondary N) is 1. The largest absolute Gasteiger partial charge is 0.465 e. The van der Waals surface area contributed by atoms with E-state index in [9.17, 15) is 9.59 Å². The highest BCUT2D eigenvalue weighted by Crippen LogP contribution is 2.26. The molecule has 3 aromatic rings. The molecule has 1 aromatic carbocycles. The van der Waals surface area contributed by atoms with Gasteiger partial charge in [-0.3, -0.25) is 4.79 Å². The summed E-state index contributed by atoms with van der Waals surface area (Å²) in [6.45, 7) is 4.74. The Morgan fingerprint density at radius 1 is 1.21 bits per heavy atom. The zero-order valence-electron chi connectivity index (χ0n) is 15.8. The number of methoxy groups -OCH3 is 1. The van der Waals surface area contributed by atoms with Crippen LogP contribution in [0.4, 0.5) is 5.00 Å². The van der Waals surface area contributed by atoms with Gasteiger partial charge in [0.25, 0.3) is 0 Å². The number of esters is 1. The van der Waals surface area contributed by atoms with Gasteiger partial charge in [0, 0.05) is 12.1 Å². The number of aryl methyl sites for hydroxylation is 1. The number of carbonyl (C=O) groups is 2. The number of hydrogen-bond donors (Lipinski definition) is 1. The first-order valence-corrected chi connectivity index (χ1v) is 10.5. The van der Waals surface area contributed by atoms with Gasteiger partial charge in [0.15, 0.2) is 11.0 Å². The summed E-state index contributed by atoms with van der Waals surface area (Å²) < 4.78 is 6.70. The SMILES string of the molecule is CCn1c(SCC(=O)Nc2sccc2C(=O)OC)nnc1-c1ccc(C)cc1. The fourth-order valence-corrected chi connectivity index (χ4v) is 4.16. The van der Waals surface area contributed by atoms with Gasteiger partial charge in [0.05, 0.1) is 18.4 Å². The van der Waals surface area contributed by atoms with Crippen LogP contribution in [0.5, 0.6) is 0 Å². The van der Waals surface area contributed by atoms with E-state index in [1.807, 2.05) is 42.7 Å². The Bertz CT molecular complexity index is 979. The minimum absolute atomic E-state index is 0.157. The number of amides is 1. The molecular formula is C19H20N4O3S2. The van der Waals surface area contributed by atoms with Crippen LogP contribution in [0, 0.1) is 6.92 Å². The summed E-state index contributed by atoms with van der Waals surface area (Å²) in [5.41, 5.74) is 2.51. The standard InChI is InChI=1S/C19H20N4O3S2/c1-4-23-16(13-7-5-12(2)6-8-13)21-22-19(23)28-11-15(24)20-17-14(9-10-27-17)18(25)26-3/h5-10H,4,11H2,1-3H3,(H,20,24). The molecule has 0 unspecified atom stereocenters. The van der Waals surface area contributed by atoms with Gasteiger partial charge in [-0.05, 0) is 25.3 Å². The number of nitrogens with zero attached hydrogens (tertiary/aromatic N) is 3. The van der Waals surface area contributed by atoms with Gasteiger partial charge >= 0.3 is 5.97 Å². The second-order valence-electron chi connectivity index (χ2n) is 5.91. The number of thioether (sulfide) groups is 1. The zero-order valence-corrected chi connectivity index (χ0v) is 17.4. The third-order valence-corrected chi connectivity index (χ3v) is 5.80. The van der Waals surface area contributed by atoms with Crippen LogP contribution < -0.4 is 5.32 Å². The van der Waals surface area contributed by atoms with E-state index in [0.717, 1.165) is 11.4 Å². The van der Waals surface area contributed by atoms with E-state index in [2.05, 4.69) is 15.5 Å². The molecular weight excluding hydrogens is 396 g/mol. The molecule has 1 N–H and O–H groups in total. The van der Waals surface area contributed by atoms with Crippen LogP contribution in [0.1, 0.15) is 22.8 Å². The van der Waals surface area contributed by atoms with Gasteiger partial charge in [-0.2, -0.15) is 0 Å². The summed E-state index contributed by atoms with van der Waals surface area (Å²) in [7, 11) is 1.31. The second-order valence-corrected chi connectivity index (χ2v) is 7.77. The van der Waals surface area contributed by atoms with Crippen LogP contribution in [0.3, 0.4) is 0 Å². The summed E-state index contributed by atoms with van der Waals surface area (Å²) in [4.78, 5) is 24.0. The maximum absolute atomic E-state index is 12.3. The molecule has 0 saturated heterocycles. The lowest BCUT2D eigenvalue weighted by atomic mass is 10.1. The van der Waals surface area contributed by atoms with Crippen molar-refractivity contribution in [3.05, 3.63) is 46.8 Å². The van der Waals surface area contributed by atoms with Crippen molar-refractivity contribution in [2.24, 2.45) is 0 Å². The fourth-order valence-electron chi connectivity index (χ4n) is 2.57. The fraction of sp³-hybridized carbons (Fsp3) is 0.263. The molecule has 0 radical (unpaired) electrons. The van der Waals surface area contributed by atoms with Crippen LogP contribution in [0.25, 0.3) is 11.4 Å². The lowest BCUT2D eigenvalue weighted by Crippen LogP contribution is -2.16. The normalized spacial score (nSPS) is 10.7. The van der Waals surface area contributed by atoms with E-state index in [4.69, 9.17) is 4.74 Å². The first-order chi connectivity index (χ1) is 13.5. The van der Waals surface area contributed by atoms with Crippen LogP contribution in [0.15, 0.2) is 40.9 Å². The highest BCUT2D eigenvalue weighted by molar-refractivity contribution is 7.99. The summed E-state index contributed by atoms with van der Waals surface area (Å²) in [5, 5.41) is 14.2. The minimum atomic E-state index is -0.474. The molecule has 2 aromatic heterocycles. The maximum Gasteiger partial charge on any atom is 0.340 e. The van der Waals surface area contributed by atoms with Crippen molar-refractivity contribution in [2.45, 2.75) is 25.5 Å². The van der Waals surface area contributed by atoms with E-state index in [1.165, 1.54) is 35.8 Å². The van der Waals surface area contributed by atoms with Gasteiger partial charge in [-0.1, -0.05) is 41.6 Å². The summed E-state index contributed by atoms with van der Waals surface area (Å²) in [5.74, 6) is 0.235. The van der Waals surface area contributed by atoms with Gasteiger partial charge in [-0.25, -0.2) is 4.79 Å². The molecule has 0 atom stereocenters. The quantitative estimate of drug-likeness (QED) is 0.465. The molecule has 0 fully saturated rings. The average molecular weight is 417 g/mol. The Hall–Kier alpha value is -2.65. The third kappa shape index (κ3) is 4.42. The topological polar surface area (TPSA) is 86.1 Å². The lowest BCUT2D eigenvalue weighted by molar-refractivity contribution is -0.113. The van der Waals surface area contributed by atoms with Crippen molar-refractivity contribution in [3.63, 3.8) is 0 Å². The van der Waals surface area contributed by atoms with Gasteiger partial charge < -0.3 is 14.6 Å². The van der Waals surface area contributed by atoms with E-state index in [1.54, 1.807) is 11.4 Å². The molecule has 1 amide bonds. The minimum Gasteiger partial charge on any atom is -0.465 e. The Kier molecular flexibility index (Phi) is 6.48. The van der Waals surface area contributed by atoms with E-state index < -0.39 is 5.97 Å². The number of benzene rings is 1. The summed E-state index contributed by atoms with van der Waals surface area (Å²) in [6, 6.07) is 9.71. The molecule has 0 aliphatic heterocycles. The number of carbonyl (C=O) groups excluding carboxylic acids is 2. The molecule has 0 saturated carbocycles. The molecule has 0 aliphatic rings. The predicted octanol–water partition coefficient (Wildman–Crippen LogP) is 3.85. The first kappa shape index (κ1) is 20.1. The Labute approximate surface area is 171 Å². The molecule has 0 bridgehead atoms. The van der Waals surface area contributed by atoms with Crippen molar-refractivity contribution in [3.8, 4) is 11.4 Å². The first-order valence-electron chi connectivity index (χ1n) is 8.62. The maximum atomic E-state index is 12.3. The number of ether oxygens (including phenoxy) is 1. The van der Waals surface area contributed by atoms with Gasteiger partial charge in [-0.15, -0.1) is 21.5 Å². The lowest BCUT2D eigenvalue weighted by Gasteiger charge is -2.08. The number of anilines is 1. The number of hydrogen-bond acceptors (Lipinski definition) is 7. The molecule has 146 valence electrons. The molecule has 9 heteroatoms. The van der Waals surface area contributed by atoms with Crippen molar-refractivity contribution in [1.82, 2.24) is 14.8 Å². The van der Waals surface area contributed by atoms with Gasteiger partial charge in [0.2, 0.25) is 5.91 Å². The molecule has 7 nitrogen and oxygen atoms in total. The highest BCUT2D eigenvalue weighted by Gasteiger charge is 2.17. The average Bonchev–Trinajstić information content (AvgIpc) is 3.33. The molecule has 0 aliphatic carbocycles. The second kappa shape index (κ2) is 9.03. The number of thiophene rings is 1. The monoisotopic (exact) mass is 416 g/mol. The Balaban J connectivity index is 1.68. The summed E-state index contributed by atoms with van der Waals surface area (Å²) >= 11 is 2.58. The van der Waals surface area contributed by atoms with Crippen molar-refractivity contribution in [1.29, 1.82) is 0 Å². The van der Waals surface area contributed by atoms with Crippen LogP contribution >= 0.6 is 23.1 Å². The third-order valence-electron chi connectivity index (χ3n) is 4.00.